The quantitative estimate of drug-likeness (QED) is 0.747. The highest BCUT2D eigenvalue weighted by Crippen LogP contribution is 2.43. The summed E-state index contributed by atoms with van der Waals surface area (Å²) in [6, 6.07) is 14.0. The number of para-hydroxylation sites is 2. The largest absolute Gasteiger partial charge is 0.495 e. The number of aromatic nitrogens is 2. The van der Waals surface area contributed by atoms with E-state index in [0.717, 1.165) is 34.0 Å². The summed E-state index contributed by atoms with van der Waals surface area (Å²) in [5.74, 6) is 2.51. The molecule has 0 atom stereocenters. The van der Waals surface area contributed by atoms with E-state index in [4.69, 9.17) is 15.5 Å². The van der Waals surface area contributed by atoms with Gasteiger partial charge in [0, 0.05) is 11.6 Å². The molecule has 3 aromatic rings. The summed E-state index contributed by atoms with van der Waals surface area (Å²) in [6.07, 6.45) is 2.40. The Balaban J connectivity index is 2.04. The first-order valence-corrected chi connectivity index (χ1v) is 7.19. The Morgan fingerprint density at radius 2 is 2.00 bits per heavy atom. The van der Waals surface area contributed by atoms with Gasteiger partial charge in [-0.15, -0.1) is 0 Å². The van der Waals surface area contributed by atoms with Gasteiger partial charge in [0.15, 0.2) is 0 Å². The number of nitrogens with two attached hydrogens (primary N) is 1. The number of hydrogen-bond acceptors (Lipinski definition) is 3. The first-order chi connectivity index (χ1) is 10.3. The van der Waals surface area contributed by atoms with Crippen molar-refractivity contribution in [2.75, 3.05) is 12.8 Å². The minimum Gasteiger partial charge on any atom is -0.495 e. The van der Waals surface area contributed by atoms with Gasteiger partial charge in [0.25, 0.3) is 0 Å². The molecule has 106 valence electrons. The standard InChI is InChI=1S/C17H17N3O/c1-21-16-5-3-2-4-15(16)20-14-9-8-12(18)10-13(14)19-17(20)11-6-7-11/h2-5,8-11H,6-7,18H2,1H3. The Morgan fingerprint density at radius 1 is 1.19 bits per heavy atom. The Morgan fingerprint density at radius 3 is 2.76 bits per heavy atom. The van der Waals surface area contributed by atoms with Gasteiger partial charge in [-0.1, -0.05) is 12.1 Å². The monoisotopic (exact) mass is 279 g/mol. The van der Waals surface area contributed by atoms with Gasteiger partial charge in [0.1, 0.15) is 11.6 Å². The molecule has 4 rings (SSSR count). The molecule has 1 heterocycles. The zero-order valence-electron chi connectivity index (χ0n) is 11.9. The van der Waals surface area contributed by atoms with E-state index >= 15 is 0 Å². The maximum atomic E-state index is 5.90. The predicted molar refractivity (Wildman–Crippen MR) is 84.0 cm³/mol. The smallest absolute Gasteiger partial charge is 0.142 e. The molecule has 4 heteroatoms. The Kier molecular flexibility index (Phi) is 2.64. The highest BCUT2D eigenvalue weighted by atomic mass is 16.5. The Bertz CT molecular complexity index is 818. The van der Waals surface area contributed by atoms with Crippen LogP contribution in [0.1, 0.15) is 24.6 Å². The molecule has 0 amide bonds. The van der Waals surface area contributed by atoms with Crippen LogP contribution >= 0.6 is 0 Å². The first-order valence-electron chi connectivity index (χ1n) is 7.19. The van der Waals surface area contributed by atoms with Crippen LogP contribution in [-0.4, -0.2) is 16.7 Å². The molecule has 1 aliphatic carbocycles. The van der Waals surface area contributed by atoms with Crippen LogP contribution < -0.4 is 10.5 Å². The highest BCUT2D eigenvalue weighted by Gasteiger charge is 2.30. The average molecular weight is 279 g/mol. The minimum atomic E-state index is 0.545. The SMILES string of the molecule is COc1ccccc1-n1c(C2CC2)nc2cc(N)ccc21. The third kappa shape index (κ3) is 1.95. The normalized spacial score (nSPS) is 14.5. The molecule has 1 fully saturated rings. The second-order valence-corrected chi connectivity index (χ2v) is 5.50. The lowest BCUT2D eigenvalue weighted by Gasteiger charge is -2.13. The number of nitrogen functional groups attached to an aromatic ring is 1. The van der Waals surface area contributed by atoms with E-state index in [0.29, 0.717) is 5.92 Å². The maximum absolute atomic E-state index is 5.90. The van der Waals surface area contributed by atoms with Crippen molar-refractivity contribution in [3.63, 3.8) is 0 Å². The molecular weight excluding hydrogens is 262 g/mol. The summed E-state index contributed by atoms with van der Waals surface area (Å²) >= 11 is 0. The zero-order valence-corrected chi connectivity index (χ0v) is 11.9. The van der Waals surface area contributed by atoms with Crippen LogP contribution in [0.5, 0.6) is 5.75 Å². The zero-order chi connectivity index (χ0) is 14.4. The predicted octanol–water partition coefficient (Wildman–Crippen LogP) is 3.49. The van der Waals surface area contributed by atoms with Gasteiger partial charge in [-0.25, -0.2) is 4.98 Å². The van der Waals surface area contributed by atoms with Gasteiger partial charge in [0.05, 0.1) is 23.8 Å². The number of hydrogen-bond donors (Lipinski definition) is 1. The van der Waals surface area contributed by atoms with Crippen molar-refractivity contribution in [3.05, 3.63) is 48.3 Å². The van der Waals surface area contributed by atoms with Crippen LogP contribution in [0, 0.1) is 0 Å². The number of nitrogens with zero attached hydrogens (tertiary/aromatic N) is 2. The van der Waals surface area contributed by atoms with Crippen molar-refractivity contribution < 1.29 is 4.74 Å². The third-order valence-corrected chi connectivity index (χ3v) is 3.97. The number of anilines is 1. The molecular formula is C17H17N3O. The van der Waals surface area contributed by atoms with Gasteiger partial charge in [-0.3, -0.25) is 4.57 Å². The van der Waals surface area contributed by atoms with Crippen LogP contribution in [0.15, 0.2) is 42.5 Å². The van der Waals surface area contributed by atoms with Crippen molar-refractivity contribution >= 4 is 16.7 Å². The van der Waals surface area contributed by atoms with Crippen molar-refractivity contribution in [1.82, 2.24) is 9.55 Å². The molecule has 1 aromatic heterocycles. The van der Waals surface area contributed by atoms with Crippen LogP contribution in [0.4, 0.5) is 5.69 Å². The lowest BCUT2D eigenvalue weighted by atomic mass is 10.2. The summed E-state index contributed by atoms with van der Waals surface area (Å²) in [7, 11) is 1.70. The number of benzene rings is 2. The van der Waals surface area contributed by atoms with Crippen molar-refractivity contribution in [2.24, 2.45) is 0 Å². The van der Waals surface area contributed by atoms with E-state index < -0.39 is 0 Å². The highest BCUT2D eigenvalue weighted by molar-refractivity contribution is 5.82. The van der Waals surface area contributed by atoms with Crippen LogP contribution in [0.3, 0.4) is 0 Å². The molecule has 0 bridgehead atoms. The first kappa shape index (κ1) is 12.3. The summed E-state index contributed by atoms with van der Waals surface area (Å²) in [5, 5.41) is 0. The molecule has 21 heavy (non-hydrogen) atoms. The van der Waals surface area contributed by atoms with E-state index in [1.165, 1.54) is 12.8 Å². The fourth-order valence-electron chi connectivity index (χ4n) is 2.80. The Hall–Kier alpha value is -2.49. The molecule has 4 nitrogen and oxygen atoms in total. The van der Waals surface area contributed by atoms with E-state index in [2.05, 4.69) is 10.6 Å². The minimum absolute atomic E-state index is 0.545. The molecule has 2 aromatic carbocycles. The van der Waals surface area contributed by atoms with Crippen LogP contribution in [0.2, 0.25) is 0 Å². The number of methoxy groups -OCH3 is 1. The molecule has 2 N–H and O–H groups in total. The summed E-state index contributed by atoms with van der Waals surface area (Å²) in [6.45, 7) is 0. The topological polar surface area (TPSA) is 53.1 Å². The van der Waals surface area contributed by atoms with Gasteiger partial charge in [-0.05, 0) is 43.2 Å². The fraction of sp³-hybridized carbons (Fsp3) is 0.235. The van der Waals surface area contributed by atoms with Crippen LogP contribution in [-0.2, 0) is 0 Å². The van der Waals surface area contributed by atoms with Gasteiger partial charge in [0.2, 0.25) is 0 Å². The van der Waals surface area contributed by atoms with E-state index in [-0.39, 0.29) is 0 Å². The number of imidazole rings is 1. The second kappa shape index (κ2) is 4.52. The van der Waals surface area contributed by atoms with Gasteiger partial charge in [-0.2, -0.15) is 0 Å². The van der Waals surface area contributed by atoms with Gasteiger partial charge < -0.3 is 10.5 Å². The molecule has 0 aliphatic heterocycles. The third-order valence-electron chi connectivity index (χ3n) is 3.97. The van der Waals surface area contributed by atoms with E-state index in [1.807, 2.05) is 36.4 Å². The molecule has 0 radical (unpaired) electrons. The lowest BCUT2D eigenvalue weighted by Crippen LogP contribution is -2.02. The number of fused-ring (bicyclic) bond motifs is 1. The van der Waals surface area contributed by atoms with Gasteiger partial charge >= 0.3 is 0 Å². The summed E-state index contributed by atoms with van der Waals surface area (Å²) < 4.78 is 7.74. The number of ether oxygens (including phenoxy) is 1. The van der Waals surface area contributed by atoms with Crippen LogP contribution in [0.25, 0.3) is 16.7 Å². The fourth-order valence-corrected chi connectivity index (χ4v) is 2.80. The lowest BCUT2D eigenvalue weighted by molar-refractivity contribution is 0.413. The molecule has 0 unspecified atom stereocenters. The molecule has 1 saturated carbocycles. The van der Waals surface area contributed by atoms with Crippen molar-refractivity contribution in [3.8, 4) is 11.4 Å². The summed E-state index contributed by atoms with van der Waals surface area (Å²) in [5.41, 5.74) is 9.70. The summed E-state index contributed by atoms with van der Waals surface area (Å²) in [4.78, 5) is 4.81. The average Bonchev–Trinajstić information content (AvgIpc) is 3.28. The molecule has 1 aliphatic rings. The molecule has 0 saturated heterocycles. The molecule has 0 spiro atoms. The van der Waals surface area contributed by atoms with Crippen molar-refractivity contribution in [1.29, 1.82) is 0 Å². The second-order valence-electron chi connectivity index (χ2n) is 5.50. The van der Waals surface area contributed by atoms with E-state index in [9.17, 15) is 0 Å². The van der Waals surface area contributed by atoms with E-state index in [1.54, 1.807) is 7.11 Å². The maximum Gasteiger partial charge on any atom is 0.142 e. The number of rotatable bonds is 3. The van der Waals surface area contributed by atoms with Crippen molar-refractivity contribution in [2.45, 2.75) is 18.8 Å². The Labute approximate surface area is 123 Å².